The van der Waals surface area contributed by atoms with E-state index in [1.807, 2.05) is 32.1 Å². The molecule has 1 aliphatic heterocycles. The maximum Gasteiger partial charge on any atom is 0.238 e. The number of hydrogen-bond acceptors (Lipinski definition) is 6. The van der Waals surface area contributed by atoms with Crippen molar-refractivity contribution in [3.8, 4) is 0 Å². The first kappa shape index (κ1) is 18.8. The summed E-state index contributed by atoms with van der Waals surface area (Å²) in [4.78, 5) is 25.0. The number of carbonyl (C=O) groups is 1. The molecular weight excluding hydrogens is 330 g/mol. The molecule has 1 aromatic heterocycles. The molecule has 1 aliphatic rings. The molecule has 0 spiro atoms. The fourth-order valence-corrected chi connectivity index (χ4v) is 3.29. The van der Waals surface area contributed by atoms with Gasteiger partial charge in [0.2, 0.25) is 15.9 Å². The Balaban J connectivity index is 2.23. The van der Waals surface area contributed by atoms with Crippen LogP contribution in [0.2, 0.25) is 0 Å². The lowest BCUT2D eigenvalue weighted by atomic mass is 10.1. The Labute approximate surface area is 143 Å². The topological polar surface area (TPSA) is 95.5 Å². The maximum atomic E-state index is 12.4. The Morgan fingerprint density at radius 1 is 1.46 bits per heavy atom. The van der Waals surface area contributed by atoms with E-state index in [0.717, 1.165) is 30.4 Å². The van der Waals surface area contributed by atoms with Crippen LogP contribution in [0, 0.1) is 6.92 Å². The number of nitrogens with zero attached hydrogens (tertiary/aromatic N) is 4. The molecule has 24 heavy (non-hydrogen) atoms. The number of nitrogens with one attached hydrogen (secondary N) is 1. The minimum atomic E-state index is -3.39. The summed E-state index contributed by atoms with van der Waals surface area (Å²) in [6, 6.07) is -0.129. The Hall–Kier alpha value is -1.58. The van der Waals surface area contributed by atoms with Gasteiger partial charge in [-0.25, -0.2) is 23.1 Å². The summed E-state index contributed by atoms with van der Waals surface area (Å²) in [5.41, 5.74) is 1.85. The summed E-state index contributed by atoms with van der Waals surface area (Å²) in [7, 11) is 0.548. The van der Waals surface area contributed by atoms with E-state index in [1.54, 1.807) is 4.90 Å². The molecule has 0 bridgehead atoms. The molecule has 0 unspecified atom stereocenters. The van der Waals surface area contributed by atoms with Gasteiger partial charge in [-0.15, -0.1) is 0 Å². The fraction of sp³-hybridized carbons (Fsp3) is 0.667. The molecule has 1 N–H and O–H groups in total. The summed E-state index contributed by atoms with van der Waals surface area (Å²) in [6.07, 6.45) is 4.55. The van der Waals surface area contributed by atoms with Crippen LogP contribution >= 0.6 is 0 Å². The van der Waals surface area contributed by atoms with E-state index in [-0.39, 0.29) is 18.5 Å². The van der Waals surface area contributed by atoms with E-state index in [9.17, 15) is 13.2 Å². The molecule has 2 heterocycles. The molecule has 134 valence electrons. The molecular formula is C15H25N5O3S. The van der Waals surface area contributed by atoms with Crippen LogP contribution in [-0.2, 0) is 21.4 Å². The highest BCUT2D eigenvalue weighted by Crippen LogP contribution is 2.32. The van der Waals surface area contributed by atoms with E-state index in [0.29, 0.717) is 18.9 Å². The minimum Gasteiger partial charge on any atom is -0.333 e. The lowest BCUT2D eigenvalue weighted by Gasteiger charge is -2.26. The highest BCUT2D eigenvalue weighted by molar-refractivity contribution is 7.88. The molecule has 0 saturated carbocycles. The van der Waals surface area contributed by atoms with E-state index in [4.69, 9.17) is 0 Å². The summed E-state index contributed by atoms with van der Waals surface area (Å²) >= 11 is 0. The highest BCUT2D eigenvalue weighted by atomic mass is 32.2. The third-order valence-electron chi connectivity index (χ3n) is 3.88. The van der Waals surface area contributed by atoms with Gasteiger partial charge in [-0.2, -0.15) is 0 Å². The van der Waals surface area contributed by atoms with E-state index >= 15 is 0 Å². The predicted molar refractivity (Wildman–Crippen MR) is 90.7 cm³/mol. The summed E-state index contributed by atoms with van der Waals surface area (Å²) in [5.74, 6) is 0.441. The zero-order valence-electron chi connectivity index (χ0n) is 14.6. The molecule has 9 heteroatoms. The van der Waals surface area contributed by atoms with E-state index in [2.05, 4.69) is 14.7 Å². The first-order valence-electron chi connectivity index (χ1n) is 7.88. The van der Waals surface area contributed by atoms with Crippen LogP contribution in [-0.4, -0.2) is 67.5 Å². The molecule has 1 saturated heterocycles. The van der Waals surface area contributed by atoms with Crippen LogP contribution in [0.25, 0.3) is 0 Å². The van der Waals surface area contributed by atoms with Gasteiger partial charge in [0.1, 0.15) is 5.82 Å². The van der Waals surface area contributed by atoms with Gasteiger partial charge >= 0.3 is 0 Å². The van der Waals surface area contributed by atoms with Crippen molar-refractivity contribution in [2.45, 2.75) is 32.4 Å². The zero-order valence-corrected chi connectivity index (χ0v) is 15.4. The van der Waals surface area contributed by atoms with Crippen LogP contribution in [0.5, 0.6) is 0 Å². The van der Waals surface area contributed by atoms with Crippen molar-refractivity contribution < 1.29 is 13.2 Å². The molecule has 1 amide bonds. The molecule has 1 aromatic rings. The third kappa shape index (κ3) is 4.96. The quantitative estimate of drug-likeness (QED) is 0.775. The average Bonchev–Trinajstić information content (AvgIpc) is 2.94. The maximum absolute atomic E-state index is 12.4. The highest BCUT2D eigenvalue weighted by Gasteiger charge is 2.32. The van der Waals surface area contributed by atoms with Crippen molar-refractivity contribution in [3.05, 3.63) is 23.3 Å². The standard InChI is InChI=1S/C15H25N5O3S/c1-11-16-8-12(10-19(2)3)15(18-11)13-6-5-7-20(13)14(21)9-17-24(4,22)23/h8,13,17H,5-7,9-10H2,1-4H3/t13-/m1/s1. The summed E-state index contributed by atoms with van der Waals surface area (Å²) in [6.45, 7) is 2.91. The van der Waals surface area contributed by atoms with Crippen molar-refractivity contribution in [1.29, 1.82) is 0 Å². The van der Waals surface area contributed by atoms with Crippen molar-refractivity contribution in [1.82, 2.24) is 24.5 Å². The van der Waals surface area contributed by atoms with Crippen LogP contribution in [0.1, 0.15) is 36.0 Å². The largest absolute Gasteiger partial charge is 0.333 e. The Bertz CT molecular complexity index is 705. The lowest BCUT2D eigenvalue weighted by Crippen LogP contribution is -2.40. The van der Waals surface area contributed by atoms with Gasteiger partial charge in [0, 0.05) is 24.8 Å². The fourth-order valence-electron chi connectivity index (χ4n) is 2.91. The number of amides is 1. The monoisotopic (exact) mass is 355 g/mol. The Morgan fingerprint density at radius 3 is 2.79 bits per heavy atom. The number of carbonyl (C=O) groups excluding carboxylic acids is 1. The number of sulfonamides is 1. The molecule has 2 rings (SSSR count). The number of likely N-dealkylation sites (tertiary alicyclic amines) is 1. The smallest absolute Gasteiger partial charge is 0.238 e. The van der Waals surface area contributed by atoms with Crippen molar-refractivity contribution >= 4 is 15.9 Å². The molecule has 1 atom stereocenters. The van der Waals surface area contributed by atoms with Gasteiger partial charge in [0.25, 0.3) is 0 Å². The summed E-state index contributed by atoms with van der Waals surface area (Å²) < 4.78 is 24.7. The first-order valence-corrected chi connectivity index (χ1v) is 9.78. The van der Waals surface area contributed by atoms with Gasteiger partial charge < -0.3 is 9.80 Å². The van der Waals surface area contributed by atoms with Crippen molar-refractivity contribution in [3.63, 3.8) is 0 Å². The van der Waals surface area contributed by atoms with Crippen LogP contribution in [0.4, 0.5) is 0 Å². The Kier molecular flexibility index (Phi) is 5.89. The number of rotatable bonds is 6. The zero-order chi connectivity index (χ0) is 17.9. The normalized spacial score (nSPS) is 18.4. The van der Waals surface area contributed by atoms with Gasteiger partial charge in [0.15, 0.2) is 0 Å². The van der Waals surface area contributed by atoms with Crippen LogP contribution in [0.3, 0.4) is 0 Å². The van der Waals surface area contributed by atoms with Crippen molar-refractivity contribution in [2.24, 2.45) is 0 Å². The number of aromatic nitrogens is 2. The average molecular weight is 355 g/mol. The molecule has 8 nitrogen and oxygen atoms in total. The van der Waals surface area contributed by atoms with Crippen LogP contribution < -0.4 is 4.72 Å². The van der Waals surface area contributed by atoms with E-state index < -0.39 is 10.0 Å². The van der Waals surface area contributed by atoms with Gasteiger partial charge in [0.05, 0.1) is 24.5 Å². The predicted octanol–water partition coefficient (Wildman–Crippen LogP) is 0.0593. The summed E-state index contributed by atoms with van der Waals surface area (Å²) in [5, 5.41) is 0. The van der Waals surface area contributed by atoms with Crippen LogP contribution in [0.15, 0.2) is 6.20 Å². The number of aryl methyl sites for hydroxylation is 1. The SMILES string of the molecule is Cc1ncc(CN(C)C)c([C@H]2CCCN2C(=O)CNS(C)(=O)=O)n1. The first-order chi connectivity index (χ1) is 11.2. The molecule has 0 radical (unpaired) electrons. The minimum absolute atomic E-state index is 0.129. The second kappa shape index (κ2) is 7.54. The van der Waals surface area contributed by atoms with E-state index in [1.165, 1.54) is 0 Å². The lowest BCUT2D eigenvalue weighted by molar-refractivity contribution is -0.130. The van der Waals surface area contributed by atoms with Gasteiger partial charge in [-0.3, -0.25) is 4.79 Å². The molecule has 0 aromatic carbocycles. The second-order valence-corrected chi connectivity index (χ2v) is 8.24. The molecule has 0 aliphatic carbocycles. The third-order valence-corrected chi connectivity index (χ3v) is 4.55. The Morgan fingerprint density at radius 2 is 2.17 bits per heavy atom. The van der Waals surface area contributed by atoms with Gasteiger partial charge in [-0.1, -0.05) is 0 Å². The second-order valence-electron chi connectivity index (χ2n) is 6.40. The number of hydrogen-bond donors (Lipinski definition) is 1. The van der Waals surface area contributed by atoms with Crippen molar-refractivity contribution in [2.75, 3.05) is 33.4 Å². The molecule has 1 fully saturated rings. The van der Waals surface area contributed by atoms with Gasteiger partial charge in [-0.05, 0) is 33.9 Å².